The van der Waals surface area contributed by atoms with Crippen LogP contribution >= 0.6 is 0 Å². The summed E-state index contributed by atoms with van der Waals surface area (Å²) in [6.07, 6.45) is 6.62. The molecular formula is C8H19NO3S. The van der Waals surface area contributed by atoms with Crippen LogP contribution in [0.5, 0.6) is 0 Å². The van der Waals surface area contributed by atoms with Crippen molar-refractivity contribution in [2.45, 2.75) is 45.4 Å². The van der Waals surface area contributed by atoms with E-state index in [9.17, 15) is 8.42 Å². The van der Waals surface area contributed by atoms with Gasteiger partial charge >= 0.3 is 10.3 Å². The molecule has 0 aromatic rings. The summed E-state index contributed by atoms with van der Waals surface area (Å²) in [5, 5.41) is 0. The van der Waals surface area contributed by atoms with Gasteiger partial charge < -0.3 is 0 Å². The fourth-order valence-electron chi connectivity index (χ4n) is 1.11. The number of hydrogen-bond donors (Lipinski definition) is 2. The van der Waals surface area contributed by atoms with Crippen LogP contribution in [0, 0.1) is 0 Å². The molecule has 0 rings (SSSR count). The molecule has 0 bridgehead atoms. The third-order valence-electron chi connectivity index (χ3n) is 1.81. The summed E-state index contributed by atoms with van der Waals surface area (Å²) in [5.74, 6) is 0. The molecule has 0 saturated heterocycles. The maximum atomic E-state index is 10.2. The molecule has 0 radical (unpaired) electrons. The van der Waals surface area contributed by atoms with Crippen molar-refractivity contribution in [3.05, 3.63) is 0 Å². The average molecular weight is 209 g/mol. The number of rotatable bonds is 8. The van der Waals surface area contributed by atoms with Crippen LogP contribution in [0.4, 0.5) is 0 Å². The van der Waals surface area contributed by atoms with E-state index in [1.54, 1.807) is 0 Å². The first-order valence-corrected chi connectivity index (χ1v) is 6.22. The van der Waals surface area contributed by atoms with Gasteiger partial charge in [0, 0.05) is 6.54 Å². The van der Waals surface area contributed by atoms with Crippen molar-refractivity contribution in [3.8, 4) is 0 Å². The normalized spacial score (nSPS) is 11.8. The highest BCUT2D eigenvalue weighted by molar-refractivity contribution is 7.83. The molecule has 0 atom stereocenters. The Bertz CT molecular complexity index is 201. The molecule has 0 aromatic heterocycles. The van der Waals surface area contributed by atoms with E-state index in [4.69, 9.17) is 4.55 Å². The monoisotopic (exact) mass is 209 g/mol. The lowest BCUT2D eigenvalue weighted by molar-refractivity contribution is 0.465. The van der Waals surface area contributed by atoms with Crippen molar-refractivity contribution < 1.29 is 13.0 Å². The highest BCUT2D eigenvalue weighted by Crippen LogP contribution is 2.03. The predicted molar refractivity (Wildman–Crippen MR) is 52.9 cm³/mol. The zero-order valence-corrected chi connectivity index (χ0v) is 8.94. The molecule has 0 unspecified atom stereocenters. The second-order valence-electron chi connectivity index (χ2n) is 3.14. The summed E-state index contributed by atoms with van der Waals surface area (Å²) in [6.45, 7) is 2.49. The molecule has 5 heteroatoms. The fraction of sp³-hybridized carbons (Fsp3) is 1.00. The van der Waals surface area contributed by atoms with Gasteiger partial charge in [-0.15, -0.1) is 0 Å². The SMILES string of the molecule is CCCCCCCCNS(=O)(=O)O. The van der Waals surface area contributed by atoms with E-state index in [1.165, 1.54) is 19.3 Å². The van der Waals surface area contributed by atoms with Crippen LogP contribution in [0.2, 0.25) is 0 Å². The highest BCUT2D eigenvalue weighted by atomic mass is 32.2. The Kier molecular flexibility index (Phi) is 7.22. The minimum absolute atomic E-state index is 0.338. The standard InChI is InChI=1S/C8H19NO3S/c1-2-3-4-5-6-7-8-9-13(10,11)12/h9H,2-8H2,1H3,(H,10,11,12). The number of unbranched alkanes of at least 4 members (excludes halogenated alkanes) is 5. The van der Waals surface area contributed by atoms with Gasteiger partial charge in [0.15, 0.2) is 0 Å². The van der Waals surface area contributed by atoms with Crippen LogP contribution in [-0.2, 0) is 10.3 Å². The Morgan fingerprint density at radius 2 is 1.62 bits per heavy atom. The molecule has 13 heavy (non-hydrogen) atoms. The lowest BCUT2D eigenvalue weighted by atomic mass is 10.1. The second-order valence-corrected chi connectivity index (χ2v) is 4.38. The minimum atomic E-state index is -3.97. The Balaban J connectivity index is 3.09. The number of nitrogens with one attached hydrogen (secondary N) is 1. The van der Waals surface area contributed by atoms with E-state index in [0.717, 1.165) is 19.3 Å². The first-order valence-electron chi connectivity index (χ1n) is 4.78. The van der Waals surface area contributed by atoms with Crippen LogP contribution in [-0.4, -0.2) is 19.5 Å². The van der Waals surface area contributed by atoms with Gasteiger partial charge in [0.2, 0.25) is 0 Å². The third-order valence-corrected chi connectivity index (χ3v) is 2.38. The van der Waals surface area contributed by atoms with E-state index in [2.05, 4.69) is 6.92 Å². The third kappa shape index (κ3) is 11.9. The molecule has 0 aliphatic carbocycles. The van der Waals surface area contributed by atoms with E-state index >= 15 is 0 Å². The summed E-state index contributed by atoms with van der Waals surface area (Å²) < 4.78 is 30.8. The minimum Gasteiger partial charge on any atom is -0.273 e. The Labute approximate surface area is 80.6 Å². The van der Waals surface area contributed by atoms with Crippen molar-refractivity contribution in [2.75, 3.05) is 6.54 Å². The van der Waals surface area contributed by atoms with E-state index in [-0.39, 0.29) is 0 Å². The molecule has 0 aromatic carbocycles. The second kappa shape index (κ2) is 7.29. The summed E-state index contributed by atoms with van der Waals surface area (Å²) in [6, 6.07) is 0. The zero-order chi connectivity index (χ0) is 10.2. The molecule has 0 amide bonds. The molecule has 0 aliphatic rings. The summed E-state index contributed by atoms with van der Waals surface area (Å²) in [7, 11) is -3.97. The van der Waals surface area contributed by atoms with E-state index in [1.807, 2.05) is 4.72 Å². The van der Waals surface area contributed by atoms with Gasteiger partial charge in [-0.2, -0.15) is 13.1 Å². The maximum absolute atomic E-state index is 10.2. The van der Waals surface area contributed by atoms with E-state index < -0.39 is 10.3 Å². The Hall–Kier alpha value is -0.130. The largest absolute Gasteiger partial charge is 0.333 e. The molecule has 0 heterocycles. The van der Waals surface area contributed by atoms with Crippen molar-refractivity contribution in [3.63, 3.8) is 0 Å². The van der Waals surface area contributed by atoms with Crippen molar-refractivity contribution in [1.82, 2.24) is 4.72 Å². The van der Waals surface area contributed by atoms with Crippen LogP contribution < -0.4 is 4.72 Å². The summed E-state index contributed by atoms with van der Waals surface area (Å²) >= 11 is 0. The molecule has 2 N–H and O–H groups in total. The van der Waals surface area contributed by atoms with Gasteiger partial charge in [0.1, 0.15) is 0 Å². The predicted octanol–water partition coefficient (Wildman–Crippen LogP) is 1.74. The maximum Gasteiger partial charge on any atom is 0.333 e. The molecule has 80 valence electrons. The van der Waals surface area contributed by atoms with Crippen molar-refractivity contribution in [2.24, 2.45) is 0 Å². The molecule has 0 aliphatic heterocycles. The Morgan fingerprint density at radius 3 is 2.15 bits per heavy atom. The summed E-state index contributed by atoms with van der Waals surface area (Å²) in [5.41, 5.74) is 0. The van der Waals surface area contributed by atoms with Crippen LogP contribution in [0.15, 0.2) is 0 Å². The fourth-order valence-corrected chi connectivity index (χ4v) is 1.51. The Morgan fingerprint density at radius 1 is 1.08 bits per heavy atom. The highest BCUT2D eigenvalue weighted by Gasteiger charge is 2.00. The van der Waals surface area contributed by atoms with E-state index in [0.29, 0.717) is 6.54 Å². The first kappa shape index (κ1) is 12.9. The van der Waals surface area contributed by atoms with Crippen LogP contribution in [0.3, 0.4) is 0 Å². The average Bonchev–Trinajstić information content (AvgIpc) is 2.01. The summed E-state index contributed by atoms with van der Waals surface area (Å²) in [4.78, 5) is 0. The van der Waals surface area contributed by atoms with Crippen molar-refractivity contribution >= 4 is 10.3 Å². The smallest absolute Gasteiger partial charge is 0.273 e. The van der Waals surface area contributed by atoms with Gasteiger partial charge in [-0.05, 0) is 6.42 Å². The van der Waals surface area contributed by atoms with Crippen molar-refractivity contribution in [1.29, 1.82) is 0 Å². The quantitative estimate of drug-likeness (QED) is 0.472. The lowest BCUT2D eigenvalue weighted by Gasteiger charge is -2.00. The molecule has 0 spiro atoms. The lowest BCUT2D eigenvalue weighted by Crippen LogP contribution is -2.23. The topological polar surface area (TPSA) is 66.4 Å². The van der Waals surface area contributed by atoms with Gasteiger partial charge in [-0.25, -0.2) is 0 Å². The van der Waals surface area contributed by atoms with Gasteiger partial charge in [-0.3, -0.25) is 4.55 Å². The van der Waals surface area contributed by atoms with Gasteiger partial charge in [0.05, 0.1) is 0 Å². The van der Waals surface area contributed by atoms with Gasteiger partial charge in [0.25, 0.3) is 0 Å². The zero-order valence-electron chi connectivity index (χ0n) is 8.12. The number of hydrogen-bond acceptors (Lipinski definition) is 2. The first-order chi connectivity index (χ1) is 6.06. The molecule has 0 fully saturated rings. The molecular weight excluding hydrogens is 190 g/mol. The van der Waals surface area contributed by atoms with Crippen LogP contribution in [0.1, 0.15) is 45.4 Å². The van der Waals surface area contributed by atoms with Crippen LogP contribution in [0.25, 0.3) is 0 Å². The molecule has 0 saturated carbocycles. The van der Waals surface area contributed by atoms with Gasteiger partial charge in [-0.1, -0.05) is 39.0 Å². The molecule has 4 nitrogen and oxygen atoms in total.